The first kappa shape index (κ1) is 15.2. The molecule has 1 atom stereocenters. The monoisotopic (exact) mass is 287 g/mol. The van der Waals surface area contributed by atoms with Crippen molar-refractivity contribution in [3.05, 3.63) is 53.6 Å². The van der Waals surface area contributed by atoms with E-state index in [-0.39, 0.29) is 12.4 Å². The average molecular weight is 287 g/mol. The zero-order valence-electron chi connectivity index (χ0n) is 12.6. The van der Waals surface area contributed by atoms with Gasteiger partial charge in [-0.25, -0.2) is 0 Å². The van der Waals surface area contributed by atoms with Crippen molar-refractivity contribution >= 4 is 5.69 Å². The molecule has 2 rings (SSSR count). The number of anilines is 1. The van der Waals surface area contributed by atoms with Crippen LogP contribution in [0.2, 0.25) is 0 Å². The van der Waals surface area contributed by atoms with Crippen LogP contribution in [0.25, 0.3) is 0 Å². The van der Waals surface area contributed by atoms with Crippen LogP contribution in [0.4, 0.5) is 5.69 Å². The number of phenols is 1. The van der Waals surface area contributed by atoms with E-state index in [1.165, 1.54) is 7.11 Å². The molecule has 0 aromatic heterocycles. The van der Waals surface area contributed by atoms with Gasteiger partial charge in [0.2, 0.25) is 0 Å². The number of benzene rings is 2. The lowest BCUT2D eigenvalue weighted by atomic mass is 9.92. The molecule has 21 heavy (non-hydrogen) atoms. The normalized spacial score (nSPS) is 13.5. The molecule has 0 aliphatic heterocycles. The molecule has 2 aromatic rings. The van der Waals surface area contributed by atoms with Gasteiger partial charge in [-0.1, -0.05) is 18.2 Å². The minimum atomic E-state index is -0.672. The molecule has 3 N–H and O–H groups in total. The summed E-state index contributed by atoms with van der Waals surface area (Å²) < 4.78 is 5.14. The van der Waals surface area contributed by atoms with E-state index in [1.807, 2.05) is 38.1 Å². The number of aromatic hydroxyl groups is 1. The van der Waals surface area contributed by atoms with E-state index < -0.39 is 5.54 Å². The fourth-order valence-electron chi connectivity index (χ4n) is 2.27. The van der Waals surface area contributed by atoms with Gasteiger partial charge in [0.1, 0.15) is 0 Å². The zero-order valence-corrected chi connectivity index (χ0v) is 12.6. The zero-order chi connectivity index (χ0) is 15.5. The second kappa shape index (κ2) is 6.06. The molecule has 0 aliphatic rings. The third kappa shape index (κ3) is 3.28. The van der Waals surface area contributed by atoms with E-state index in [0.29, 0.717) is 5.75 Å². The standard InChI is InChI=1S/C17H21NO3/c1-12-5-4-6-14(9-12)18-17(2,11-19)13-7-8-15(20)16(10-13)21-3/h4-10,18-20H,11H2,1-3H3. The van der Waals surface area contributed by atoms with Crippen LogP contribution in [0.3, 0.4) is 0 Å². The predicted octanol–water partition coefficient (Wildman–Crippen LogP) is 3.03. The lowest BCUT2D eigenvalue weighted by Gasteiger charge is -2.31. The number of hydrogen-bond acceptors (Lipinski definition) is 4. The number of aliphatic hydroxyl groups is 1. The molecule has 0 saturated heterocycles. The van der Waals surface area contributed by atoms with Gasteiger partial charge >= 0.3 is 0 Å². The van der Waals surface area contributed by atoms with Crippen LogP contribution in [-0.2, 0) is 5.54 Å². The van der Waals surface area contributed by atoms with E-state index in [2.05, 4.69) is 5.32 Å². The van der Waals surface area contributed by atoms with Gasteiger partial charge in [0.05, 0.1) is 19.3 Å². The molecule has 112 valence electrons. The molecule has 0 saturated carbocycles. The molecule has 0 radical (unpaired) electrons. The Morgan fingerprint density at radius 2 is 1.95 bits per heavy atom. The van der Waals surface area contributed by atoms with Crippen molar-refractivity contribution in [3.63, 3.8) is 0 Å². The van der Waals surface area contributed by atoms with Gasteiger partial charge in [0, 0.05) is 5.69 Å². The summed E-state index contributed by atoms with van der Waals surface area (Å²) in [7, 11) is 1.50. The quantitative estimate of drug-likeness (QED) is 0.791. The van der Waals surface area contributed by atoms with E-state index in [0.717, 1.165) is 16.8 Å². The van der Waals surface area contributed by atoms with Crippen LogP contribution in [-0.4, -0.2) is 23.9 Å². The maximum atomic E-state index is 9.84. The van der Waals surface area contributed by atoms with Crippen molar-refractivity contribution in [2.24, 2.45) is 0 Å². The molecule has 0 spiro atoms. The molecule has 0 fully saturated rings. The van der Waals surface area contributed by atoms with E-state index in [4.69, 9.17) is 4.74 Å². The Bertz CT molecular complexity index is 627. The first-order valence-corrected chi connectivity index (χ1v) is 6.82. The largest absolute Gasteiger partial charge is 0.504 e. The Balaban J connectivity index is 2.36. The number of nitrogens with one attached hydrogen (secondary N) is 1. The molecule has 0 heterocycles. The SMILES string of the molecule is COc1cc(C(C)(CO)Nc2cccc(C)c2)ccc1O. The Labute approximate surface area is 125 Å². The summed E-state index contributed by atoms with van der Waals surface area (Å²) in [6, 6.07) is 13.0. The van der Waals surface area contributed by atoms with Gasteiger partial charge < -0.3 is 20.3 Å². The first-order chi connectivity index (χ1) is 9.98. The molecular weight excluding hydrogens is 266 g/mol. The Morgan fingerprint density at radius 1 is 1.19 bits per heavy atom. The minimum absolute atomic E-state index is 0.0806. The van der Waals surface area contributed by atoms with Crippen LogP contribution in [0, 0.1) is 6.92 Å². The van der Waals surface area contributed by atoms with Crippen LogP contribution in [0.5, 0.6) is 11.5 Å². The topological polar surface area (TPSA) is 61.7 Å². The summed E-state index contributed by atoms with van der Waals surface area (Å²) in [5.41, 5.74) is 2.23. The minimum Gasteiger partial charge on any atom is -0.504 e. The number of phenolic OH excluding ortho intramolecular Hbond substituents is 1. The fraction of sp³-hybridized carbons (Fsp3) is 0.294. The smallest absolute Gasteiger partial charge is 0.160 e. The van der Waals surface area contributed by atoms with E-state index in [9.17, 15) is 10.2 Å². The predicted molar refractivity (Wildman–Crippen MR) is 83.9 cm³/mol. The highest BCUT2D eigenvalue weighted by atomic mass is 16.5. The Kier molecular flexibility index (Phi) is 4.38. The molecular formula is C17H21NO3. The van der Waals surface area contributed by atoms with Crippen molar-refractivity contribution in [1.82, 2.24) is 0 Å². The molecule has 2 aromatic carbocycles. The third-order valence-electron chi connectivity index (χ3n) is 3.57. The van der Waals surface area contributed by atoms with Crippen LogP contribution in [0.1, 0.15) is 18.1 Å². The number of aliphatic hydroxyl groups excluding tert-OH is 1. The summed E-state index contributed by atoms with van der Waals surface area (Å²) >= 11 is 0. The van der Waals surface area contributed by atoms with Gasteiger partial charge in [0.25, 0.3) is 0 Å². The van der Waals surface area contributed by atoms with Crippen LogP contribution in [0.15, 0.2) is 42.5 Å². The summed E-state index contributed by atoms with van der Waals surface area (Å²) in [5, 5.41) is 22.9. The van der Waals surface area contributed by atoms with E-state index >= 15 is 0 Å². The summed E-state index contributed by atoms with van der Waals surface area (Å²) in [5.74, 6) is 0.468. The highest BCUT2D eigenvalue weighted by Gasteiger charge is 2.26. The summed E-state index contributed by atoms with van der Waals surface area (Å²) in [6.07, 6.45) is 0. The second-order valence-corrected chi connectivity index (χ2v) is 5.37. The maximum absolute atomic E-state index is 9.84. The van der Waals surface area contributed by atoms with E-state index in [1.54, 1.807) is 18.2 Å². The lowest BCUT2D eigenvalue weighted by Crippen LogP contribution is -2.35. The number of rotatable bonds is 5. The number of aryl methyl sites for hydroxylation is 1. The molecule has 0 amide bonds. The first-order valence-electron chi connectivity index (χ1n) is 6.82. The fourth-order valence-corrected chi connectivity index (χ4v) is 2.27. The Hall–Kier alpha value is -2.20. The van der Waals surface area contributed by atoms with Crippen molar-refractivity contribution in [2.75, 3.05) is 19.0 Å². The second-order valence-electron chi connectivity index (χ2n) is 5.37. The molecule has 0 aliphatic carbocycles. The van der Waals surface area contributed by atoms with Crippen molar-refractivity contribution < 1.29 is 14.9 Å². The average Bonchev–Trinajstić information content (AvgIpc) is 2.47. The van der Waals surface area contributed by atoms with Gasteiger partial charge in [0.15, 0.2) is 11.5 Å². The van der Waals surface area contributed by atoms with Crippen molar-refractivity contribution in [3.8, 4) is 11.5 Å². The molecule has 4 heteroatoms. The third-order valence-corrected chi connectivity index (χ3v) is 3.57. The van der Waals surface area contributed by atoms with Crippen molar-refractivity contribution in [1.29, 1.82) is 0 Å². The highest BCUT2D eigenvalue weighted by Crippen LogP contribution is 2.33. The summed E-state index contributed by atoms with van der Waals surface area (Å²) in [4.78, 5) is 0. The van der Waals surface area contributed by atoms with Crippen LogP contribution < -0.4 is 10.1 Å². The van der Waals surface area contributed by atoms with Crippen LogP contribution >= 0.6 is 0 Å². The number of ether oxygens (including phenoxy) is 1. The molecule has 0 bridgehead atoms. The number of methoxy groups -OCH3 is 1. The van der Waals surface area contributed by atoms with Crippen molar-refractivity contribution in [2.45, 2.75) is 19.4 Å². The van der Waals surface area contributed by atoms with Gasteiger partial charge in [-0.05, 0) is 49.2 Å². The molecule has 4 nitrogen and oxygen atoms in total. The van der Waals surface area contributed by atoms with Gasteiger partial charge in [-0.3, -0.25) is 0 Å². The summed E-state index contributed by atoms with van der Waals surface area (Å²) in [6.45, 7) is 3.83. The maximum Gasteiger partial charge on any atom is 0.160 e. The highest BCUT2D eigenvalue weighted by molar-refractivity contribution is 5.52. The molecule has 1 unspecified atom stereocenters. The Morgan fingerprint density at radius 3 is 2.57 bits per heavy atom. The number of hydrogen-bond donors (Lipinski definition) is 3. The van der Waals surface area contributed by atoms with Gasteiger partial charge in [-0.2, -0.15) is 0 Å². The van der Waals surface area contributed by atoms with Gasteiger partial charge in [-0.15, -0.1) is 0 Å². The lowest BCUT2D eigenvalue weighted by molar-refractivity contribution is 0.223.